The Labute approximate surface area is 128 Å². The Morgan fingerprint density at radius 2 is 2.05 bits per heavy atom. The normalized spacial score (nSPS) is 10.5. The van der Waals surface area contributed by atoms with Gasteiger partial charge < -0.3 is 9.84 Å². The van der Waals surface area contributed by atoms with E-state index in [0.717, 1.165) is 34.2 Å². The van der Waals surface area contributed by atoms with E-state index in [0.29, 0.717) is 13.0 Å². The predicted molar refractivity (Wildman–Crippen MR) is 82.8 cm³/mol. The van der Waals surface area contributed by atoms with Gasteiger partial charge in [-0.05, 0) is 25.0 Å². The Morgan fingerprint density at radius 3 is 2.71 bits per heavy atom. The molecule has 112 valence electrons. The largest absolute Gasteiger partial charge is 0.486 e. The quantitative estimate of drug-likeness (QED) is 0.808. The molecule has 1 N–H and O–H groups in total. The first kappa shape index (κ1) is 15.5. The number of aliphatic carboxylic acids is 1. The molecule has 0 spiro atoms. The Balaban J connectivity index is 2.02. The second-order valence-electron chi connectivity index (χ2n) is 4.72. The molecule has 0 radical (unpaired) electrons. The van der Waals surface area contributed by atoms with Crippen LogP contribution in [0.3, 0.4) is 0 Å². The first-order valence-corrected chi connectivity index (χ1v) is 7.87. The molecule has 0 saturated heterocycles. The average Bonchev–Trinajstić information content (AvgIpc) is 2.87. The van der Waals surface area contributed by atoms with Crippen molar-refractivity contribution in [1.29, 1.82) is 0 Å². The number of carboxylic acid groups (broad SMARTS) is 1. The van der Waals surface area contributed by atoms with Gasteiger partial charge in [0.2, 0.25) is 0 Å². The summed E-state index contributed by atoms with van der Waals surface area (Å²) >= 11 is 1.56. The fraction of sp³-hybridized carbons (Fsp3) is 0.375. The van der Waals surface area contributed by atoms with E-state index in [1.54, 1.807) is 11.3 Å². The fourth-order valence-electron chi connectivity index (χ4n) is 2.01. The van der Waals surface area contributed by atoms with Crippen molar-refractivity contribution >= 4 is 17.3 Å². The average molecular weight is 305 g/mol. The number of rotatable bonds is 8. The molecule has 0 aliphatic carbocycles. The van der Waals surface area contributed by atoms with E-state index < -0.39 is 5.97 Å². The SMILES string of the molecule is CCCc1nc(COc2ccccc2)sc1CCC(=O)O. The molecule has 2 aromatic rings. The summed E-state index contributed by atoms with van der Waals surface area (Å²) in [5.41, 5.74) is 1.02. The Kier molecular flexibility index (Phi) is 5.75. The number of carboxylic acids is 1. The third-order valence-electron chi connectivity index (χ3n) is 2.98. The van der Waals surface area contributed by atoms with Crippen LogP contribution in [0.5, 0.6) is 5.75 Å². The molecule has 1 aromatic carbocycles. The van der Waals surface area contributed by atoms with Gasteiger partial charge >= 0.3 is 5.97 Å². The predicted octanol–water partition coefficient (Wildman–Crippen LogP) is 3.69. The molecule has 0 fully saturated rings. The van der Waals surface area contributed by atoms with Crippen LogP contribution in [-0.2, 0) is 24.2 Å². The number of thiazole rings is 1. The number of carbonyl (C=O) groups is 1. The van der Waals surface area contributed by atoms with Crippen LogP contribution in [0.25, 0.3) is 0 Å². The van der Waals surface area contributed by atoms with Gasteiger partial charge in [0.15, 0.2) is 0 Å². The molecular weight excluding hydrogens is 286 g/mol. The highest BCUT2D eigenvalue weighted by Crippen LogP contribution is 2.23. The van der Waals surface area contributed by atoms with Crippen molar-refractivity contribution in [1.82, 2.24) is 4.98 Å². The molecule has 0 amide bonds. The number of hydrogen-bond acceptors (Lipinski definition) is 4. The van der Waals surface area contributed by atoms with Gasteiger partial charge in [0.1, 0.15) is 17.4 Å². The van der Waals surface area contributed by atoms with E-state index in [2.05, 4.69) is 11.9 Å². The first-order valence-electron chi connectivity index (χ1n) is 7.06. The van der Waals surface area contributed by atoms with Crippen molar-refractivity contribution in [3.05, 3.63) is 45.9 Å². The van der Waals surface area contributed by atoms with Crippen LogP contribution in [0, 0.1) is 0 Å². The van der Waals surface area contributed by atoms with Gasteiger partial charge in [0.25, 0.3) is 0 Å². The summed E-state index contributed by atoms with van der Waals surface area (Å²) in [5.74, 6) is 0.0461. The molecular formula is C16H19NO3S. The van der Waals surface area contributed by atoms with Gasteiger partial charge in [-0.15, -0.1) is 11.3 Å². The van der Waals surface area contributed by atoms with E-state index >= 15 is 0 Å². The van der Waals surface area contributed by atoms with Crippen molar-refractivity contribution in [3.8, 4) is 5.75 Å². The maximum atomic E-state index is 10.7. The van der Waals surface area contributed by atoms with Crippen molar-refractivity contribution in [2.75, 3.05) is 0 Å². The number of para-hydroxylation sites is 1. The standard InChI is InChI=1S/C16H19NO3S/c1-2-6-13-14(9-10-16(18)19)21-15(17-13)11-20-12-7-4-3-5-8-12/h3-5,7-8H,2,6,9-11H2,1H3,(H,18,19). The molecule has 0 aliphatic rings. The maximum Gasteiger partial charge on any atom is 0.303 e. The minimum absolute atomic E-state index is 0.151. The van der Waals surface area contributed by atoms with Crippen molar-refractivity contribution in [2.24, 2.45) is 0 Å². The van der Waals surface area contributed by atoms with E-state index in [1.807, 2.05) is 30.3 Å². The summed E-state index contributed by atoms with van der Waals surface area (Å²) in [7, 11) is 0. The smallest absolute Gasteiger partial charge is 0.303 e. The highest BCUT2D eigenvalue weighted by Gasteiger charge is 2.12. The summed E-state index contributed by atoms with van der Waals surface area (Å²) in [4.78, 5) is 16.4. The lowest BCUT2D eigenvalue weighted by Gasteiger charge is -2.02. The molecule has 4 nitrogen and oxygen atoms in total. The molecule has 5 heteroatoms. The van der Waals surface area contributed by atoms with Crippen LogP contribution in [0.1, 0.15) is 35.3 Å². The zero-order chi connectivity index (χ0) is 15.1. The van der Waals surface area contributed by atoms with Crippen LogP contribution < -0.4 is 4.74 Å². The number of ether oxygens (including phenoxy) is 1. The Bertz CT molecular complexity index is 580. The molecule has 2 rings (SSSR count). The maximum absolute atomic E-state index is 10.7. The molecule has 0 aliphatic heterocycles. The van der Waals surface area contributed by atoms with Crippen LogP contribution in [-0.4, -0.2) is 16.1 Å². The monoisotopic (exact) mass is 305 g/mol. The zero-order valence-corrected chi connectivity index (χ0v) is 12.9. The van der Waals surface area contributed by atoms with E-state index in [9.17, 15) is 4.79 Å². The zero-order valence-electron chi connectivity index (χ0n) is 12.0. The van der Waals surface area contributed by atoms with Crippen LogP contribution in [0.2, 0.25) is 0 Å². The highest BCUT2D eigenvalue weighted by molar-refractivity contribution is 7.11. The van der Waals surface area contributed by atoms with Gasteiger partial charge in [-0.25, -0.2) is 4.98 Å². The summed E-state index contributed by atoms with van der Waals surface area (Å²) < 4.78 is 5.70. The molecule has 21 heavy (non-hydrogen) atoms. The van der Waals surface area contributed by atoms with Crippen LogP contribution >= 0.6 is 11.3 Å². The third-order valence-corrected chi connectivity index (χ3v) is 4.11. The van der Waals surface area contributed by atoms with Gasteiger partial charge in [-0.2, -0.15) is 0 Å². The molecule has 0 bridgehead atoms. The summed E-state index contributed by atoms with van der Waals surface area (Å²) in [6.07, 6.45) is 2.59. The van der Waals surface area contributed by atoms with Gasteiger partial charge in [-0.3, -0.25) is 4.79 Å². The number of benzene rings is 1. The van der Waals surface area contributed by atoms with Gasteiger partial charge in [0, 0.05) is 4.88 Å². The van der Waals surface area contributed by atoms with E-state index in [-0.39, 0.29) is 6.42 Å². The summed E-state index contributed by atoms with van der Waals surface area (Å²) in [6, 6.07) is 9.62. The Hall–Kier alpha value is -1.88. The first-order chi connectivity index (χ1) is 10.2. The van der Waals surface area contributed by atoms with Gasteiger partial charge in [0.05, 0.1) is 12.1 Å². The number of hydrogen-bond donors (Lipinski definition) is 1. The van der Waals surface area contributed by atoms with Crippen molar-refractivity contribution in [2.45, 2.75) is 39.2 Å². The number of aryl methyl sites for hydroxylation is 2. The molecule has 0 atom stereocenters. The van der Waals surface area contributed by atoms with Crippen LogP contribution in [0.15, 0.2) is 30.3 Å². The second-order valence-corrected chi connectivity index (χ2v) is 5.89. The second kappa shape index (κ2) is 7.78. The topological polar surface area (TPSA) is 59.4 Å². The summed E-state index contributed by atoms with van der Waals surface area (Å²) in [5, 5.41) is 9.72. The summed E-state index contributed by atoms with van der Waals surface area (Å²) in [6.45, 7) is 2.53. The lowest BCUT2D eigenvalue weighted by atomic mass is 10.2. The molecule has 0 saturated carbocycles. The minimum Gasteiger partial charge on any atom is -0.486 e. The number of nitrogens with zero attached hydrogens (tertiary/aromatic N) is 1. The van der Waals surface area contributed by atoms with Crippen LogP contribution in [0.4, 0.5) is 0 Å². The highest BCUT2D eigenvalue weighted by atomic mass is 32.1. The fourth-order valence-corrected chi connectivity index (χ4v) is 3.04. The van der Waals surface area contributed by atoms with E-state index in [1.165, 1.54) is 0 Å². The lowest BCUT2D eigenvalue weighted by Crippen LogP contribution is -1.98. The Morgan fingerprint density at radius 1 is 1.29 bits per heavy atom. The van der Waals surface area contributed by atoms with Gasteiger partial charge in [-0.1, -0.05) is 31.5 Å². The number of aromatic nitrogens is 1. The molecule has 1 aromatic heterocycles. The third kappa shape index (κ3) is 4.86. The molecule has 1 heterocycles. The van der Waals surface area contributed by atoms with Crippen molar-refractivity contribution in [3.63, 3.8) is 0 Å². The molecule has 0 unspecified atom stereocenters. The van der Waals surface area contributed by atoms with E-state index in [4.69, 9.17) is 9.84 Å². The van der Waals surface area contributed by atoms with Crippen molar-refractivity contribution < 1.29 is 14.6 Å². The minimum atomic E-state index is -0.770. The lowest BCUT2D eigenvalue weighted by molar-refractivity contribution is -0.136.